The van der Waals surface area contributed by atoms with E-state index in [0.717, 1.165) is 0 Å². The first kappa shape index (κ1) is 11.4. The summed E-state index contributed by atoms with van der Waals surface area (Å²) >= 11 is 6.81. The summed E-state index contributed by atoms with van der Waals surface area (Å²) < 4.78 is 40.5. The van der Waals surface area contributed by atoms with Crippen LogP contribution in [0.3, 0.4) is 0 Å². The molecule has 2 aromatic rings. The van der Waals surface area contributed by atoms with Crippen LogP contribution in [0.25, 0.3) is 10.2 Å². The minimum atomic E-state index is -4.40. The highest BCUT2D eigenvalue weighted by molar-refractivity contribution is 7.16. The minimum Gasteiger partial charge on any atom is -0.467 e. The number of aromatic nitrogens is 2. The van der Waals surface area contributed by atoms with Gasteiger partial charge in [-0.2, -0.15) is 18.2 Å². The van der Waals surface area contributed by atoms with E-state index in [0.29, 0.717) is 10.2 Å². The molecular weight excluding hydrogens is 265 g/mol. The molecule has 0 bridgehead atoms. The van der Waals surface area contributed by atoms with Crippen molar-refractivity contribution < 1.29 is 17.9 Å². The molecular formula is C8H4ClF3N2OS. The predicted octanol–water partition coefficient (Wildman–Crippen LogP) is 3.29. The van der Waals surface area contributed by atoms with Crippen LogP contribution < -0.4 is 4.74 Å². The van der Waals surface area contributed by atoms with Gasteiger partial charge in [0.15, 0.2) is 6.61 Å². The van der Waals surface area contributed by atoms with Gasteiger partial charge < -0.3 is 4.74 Å². The van der Waals surface area contributed by atoms with Crippen molar-refractivity contribution in [3.63, 3.8) is 0 Å². The van der Waals surface area contributed by atoms with E-state index >= 15 is 0 Å². The number of fused-ring (bicyclic) bond motifs is 1. The maximum atomic E-state index is 12.0. The molecule has 0 fully saturated rings. The summed E-state index contributed by atoms with van der Waals surface area (Å²) in [7, 11) is 0. The van der Waals surface area contributed by atoms with Gasteiger partial charge in [0.1, 0.15) is 4.83 Å². The van der Waals surface area contributed by atoms with E-state index in [-0.39, 0.29) is 11.2 Å². The molecule has 0 radical (unpaired) electrons. The molecule has 0 saturated heterocycles. The second-order valence-corrected chi connectivity index (χ2v) is 4.07. The van der Waals surface area contributed by atoms with Gasteiger partial charge in [0, 0.05) is 0 Å². The number of nitrogens with zero attached hydrogens (tertiary/aromatic N) is 2. The van der Waals surface area contributed by atoms with Crippen molar-refractivity contribution >= 4 is 33.2 Å². The Hall–Kier alpha value is -1.08. The largest absolute Gasteiger partial charge is 0.467 e. The highest BCUT2D eigenvalue weighted by atomic mass is 35.5. The molecule has 3 nitrogen and oxygen atoms in total. The van der Waals surface area contributed by atoms with Gasteiger partial charge >= 0.3 is 6.18 Å². The average Bonchev–Trinajstić information content (AvgIpc) is 2.60. The van der Waals surface area contributed by atoms with Crippen molar-refractivity contribution in [1.29, 1.82) is 0 Å². The molecule has 8 heteroatoms. The quantitative estimate of drug-likeness (QED) is 0.784. The molecule has 0 spiro atoms. The van der Waals surface area contributed by atoms with E-state index in [1.807, 2.05) is 0 Å². The third-order valence-electron chi connectivity index (χ3n) is 1.64. The summed E-state index contributed by atoms with van der Waals surface area (Å²) in [6.07, 6.45) is -4.40. The van der Waals surface area contributed by atoms with Crippen LogP contribution in [-0.4, -0.2) is 22.8 Å². The van der Waals surface area contributed by atoms with Crippen LogP contribution in [0.5, 0.6) is 5.88 Å². The molecule has 0 N–H and O–H groups in total. The van der Waals surface area contributed by atoms with Crippen LogP contribution in [-0.2, 0) is 0 Å². The summed E-state index contributed by atoms with van der Waals surface area (Å²) in [6, 6.07) is 1.59. The second-order valence-electron chi connectivity index (χ2n) is 2.84. The van der Waals surface area contributed by atoms with Crippen LogP contribution in [0.1, 0.15) is 0 Å². The zero-order valence-corrected chi connectivity index (χ0v) is 9.16. The predicted molar refractivity (Wildman–Crippen MR) is 54.0 cm³/mol. The maximum absolute atomic E-state index is 12.0. The number of ether oxygens (including phenoxy) is 1. The summed E-state index contributed by atoms with van der Waals surface area (Å²) in [5.41, 5.74) is 0. The summed E-state index contributed by atoms with van der Waals surface area (Å²) in [6.45, 7) is -1.40. The highest BCUT2D eigenvalue weighted by Gasteiger charge is 2.29. The molecule has 0 aromatic carbocycles. The number of hydrogen-bond acceptors (Lipinski definition) is 4. The van der Waals surface area contributed by atoms with Crippen molar-refractivity contribution in [2.75, 3.05) is 6.61 Å². The number of alkyl halides is 3. The van der Waals surface area contributed by atoms with Crippen LogP contribution in [0, 0.1) is 0 Å². The Morgan fingerprint density at radius 1 is 1.38 bits per heavy atom. The Morgan fingerprint density at radius 3 is 2.81 bits per heavy atom. The van der Waals surface area contributed by atoms with Crippen molar-refractivity contribution in [2.24, 2.45) is 0 Å². The normalized spacial score (nSPS) is 12.0. The van der Waals surface area contributed by atoms with Crippen molar-refractivity contribution in [1.82, 2.24) is 9.97 Å². The van der Waals surface area contributed by atoms with Crippen LogP contribution in [0.2, 0.25) is 5.28 Å². The van der Waals surface area contributed by atoms with E-state index < -0.39 is 12.8 Å². The van der Waals surface area contributed by atoms with E-state index in [1.165, 1.54) is 11.3 Å². The molecule has 2 heterocycles. The third-order valence-corrected chi connectivity index (χ3v) is 2.61. The molecule has 86 valence electrons. The fraction of sp³-hybridized carbons (Fsp3) is 0.250. The van der Waals surface area contributed by atoms with Gasteiger partial charge in [-0.1, -0.05) is 0 Å². The van der Waals surface area contributed by atoms with Crippen LogP contribution >= 0.6 is 22.9 Å². The lowest BCUT2D eigenvalue weighted by atomic mass is 10.4. The second kappa shape index (κ2) is 4.06. The zero-order valence-electron chi connectivity index (χ0n) is 7.58. The lowest BCUT2D eigenvalue weighted by molar-refractivity contribution is -0.153. The number of hydrogen-bond donors (Lipinski definition) is 0. The molecule has 0 unspecified atom stereocenters. The average molecular weight is 269 g/mol. The van der Waals surface area contributed by atoms with Crippen LogP contribution in [0.4, 0.5) is 13.2 Å². The molecule has 0 aliphatic heterocycles. The SMILES string of the molecule is FC(F)(F)COc1nc(Cl)nc2sccc12. The van der Waals surface area contributed by atoms with E-state index in [2.05, 4.69) is 14.7 Å². The van der Waals surface area contributed by atoms with Crippen molar-refractivity contribution in [3.05, 3.63) is 16.7 Å². The summed E-state index contributed by atoms with van der Waals surface area (Å²) in [4.78, 5) is 7.97. The molecule has 0 saturated carbocycles. The van der Waals surface area contributed by atoms with Gasteiger partial charge in [0.2, 0.25) is 11.2 Å². The molecule has 0 amide bonds. The first-order valence-corrected chi connectivity index (χ1v) is 5.32. The molecule has 0 atom stereocenters. The fourth-order valence-corrected chi connectivity index (χ4v) is 2.03. The minimum absolute atomic E-state index is 0.132. The lowest BCUT2D eigenvalue weighted by Crippen LogP contribution is -2.19. The maximum Gasteiger partial charge on any atom is 0.422 e. The molecule has 0 aliphatic rings. The van der Waals surface area contributed by atoms with Crippen molar-refractivity contribution in [2.45, 2.75) is 6.18 Å². The van der Waals surface area contributed by atoms with Crippen LogP contribution in [0.15, 0.2) is 11.4 Å². The monoisotopic (exact) mass is 268 g/mol. The third kappa shape index (κ3) is 2.53. The number of halogens is 4. The Balaban J connectivity index is 2.32. The standard InChI is InChI=1S/C8H4ClF3N2OS/c9-7-13-5(15-3-8(10,11)12)4-1-2-16-6(4)14-7/h1-2H,3H2. The molecule has 0 aliphatic carbocycles. The summed E-state index contributed by atoms with van der Waals surface area (Å²) in [5, 5.41) is 1.97. The first-order valence-electron chi connectivity index (χ1n) is 4.06. The van der Waals surface area contributed by atoms with E-state index in [1.54, 1.807) is 11.4 Å². The van der Waals surface area contributed by atoms with Gasteiger partial charge in [-0.3, -0.25) is 0 Å². The van der Waals surface area contributed by atoms with Gasteiger partial charge in [0.05, 0.1) is 5.39 Å². The Morgan fingerprint density at radius 2 is 2.12 bits per heavy atom. The van der Waals surface area contributed by atoms with Gasteiger partial charge in [-0.05, 0) is 23.0 Å². The smallest absolute Gasteiger partial charge is 0.422 e. The van der Waals surface area contributed by atoms with Gasteiger partial charge in [0.25, 0.3) is 0 Å². The van der Waals surface area contributed by atoms with Gasteiger partial charge in [-0.25, -0.2) is 4.98 Å². The Bertz CT molecular complexity index is 513. The van der Waals surface area contributed by atoms with Crippen molar-refractivity contribution in [3.8, 4) is 5.88 Å². The summed E-state index contributed by atoms with van der Waals surface area (Å²) in [5.74, 6) is -0.145. The fourth-order valence-electron chi connectivity index (χ4n) is 1.06. The zero-order chi connectivity index (χ0) is 11.8. The molecule has 16 heavy (non-hydrogen) atoms. The van der Waals surface area contributed by atoms with E-state index in [4.69, 9.17) is 11.6 Å². The number of thiophene rings is 1. The van der Waals surface area contributed by atoms with Gasteiger partial charge in [-0.15, -0.1) is 11.3 Å². The Kier molecular flexibility index (Phi) is 2.90. The number of rotatable bonds is 2. The topological polar surface area (TPSA) is 35.0 Å². The van der Waals surface area contributed by atoms with E-state index in [9.17, 15) is 13.2 Å². The molecule has 2 rings (SSSR count). The Labute approximate surface area is 96.8 Å². The first-order chi connectivity index (χ1) is 7.46. The molecule has 2 aromatic heterocycles. The lowest BCUT2D eigenvalue weighted by Gasteiger charge is -2.08. The highest BCUT2D eigenvalue weighted by Crippen LogP contribution is 2.29.